The Kier molecular flexibility index (Phi) is 5.02. The summed E-state index contributed by atoms with van der Waals surface area (Å²) in [6, 6.07) is 14.4. The van der Waals surface area contributed by atoms with E-state index in [1.54, 1.807) is 0 Å². The molecule has 2 aromatic rings. The maximum absolute atomic E-state index is 5.40. The summed E-state index contributed by atoms with van der Waals surface area (Å²) >= 11 is 5.37. The first-order chi connectivity index (χ1) is 12.8. The Hall–Kier alpha value is -2.60. The minimum atomic E-state index is 0.283. The third-order valence-electron chi connectivity index (χ3n) is 4.62. The lowest BCUT2D eigenvalue weighted by Crippen LogP contribution is -2.32. The summed E-state index contributed by atoms with van der Waals surface area (Å²) in [5, 5.41) is 8.27. The lowest BCUT2D eigenvalue weighted by molar-refractivity contribution is 0.174. The molecule has 0 spiro atoms. The van der Waals surface area contributed by atoms with Crippen LogP contribution in [0.4, 0.5) is 0 Å². The highest BCUT2D eigenvalue weighted by atomic mass is 32.1. The van der Waals surface area contributed by atoms with Crippen molar-refractivity contribution >= 4 is 23.0 Å². The molecule has 2 aromatic carbocycles. The molecule has 0 radical (unpaired) electrons. The SMILES string of the molecule is S=C(NCc1ccc2c(c1)OCO2)N/N=C1\CCCCc2ccccc21. The third-order valence-corrected chi connectivity index (χ3v) is 4.86. The van der Waals surface area contributed by atoms with Crippen LogP contribution in [-0.4, -0.2) is 17.6 Å². The number of rotatable bonds is 3. The van der Waals surface area contributed by atoms with Crippen LogP contribution < -0.4 is 20.2 Å². The van der Waals surface area contributed by atoms with Crippen molar-refractivity contribution in [3.63, 3.8) is 0 Å². The van der Waals surface area contributed by atoms with E-state index in [9.17, 15) is 0 Å². The van der Waals surface area contributed by atoms with Crippen LogP contribution in [0.15, 0.2) is 47.6 Å². The van der Waals surface area contributed by atoms with Gasteiger partial charge in [-0.25, -0.2) is 0 Å². The normalized spacial score (nSPS) is 16.7. The molecule has 5 nitrogen and oxygen atoms in total. The van der Waals surface area contributed by atoms with Gasteiger partial charge in [-0.15, -0.1) is 0 Å². The zero-order chi connectivity index (χ0) is 17.8. The van der Waals surface area contributed by atoms with E-state index in [1.807, 2.05) is 18.2 Å². The number of nitrogens with one attached hydrogen (secondary N) is 2. The Morgan fingerprint density at radius 2 is 1.88 bits per heavy atom. The van der Waals surface area contributed by atoms with Crippen LogP contribution in [0.2, 0.25) is 0 Å². The molecule has 0 bridgehead atoms. The molecular formula is C20H21N3O2S. The fraction of sp³-hybridized carbons (Fsp3) is 0.300. The molecular weight excluding hydrogens is 346 g/mol. The predicted octanol–water partition coefficient (Wildman–Crippen LogP) is 3.51. The van der Waals surface area contributed by atoms with Crippen molar-refractivity contribution < 1.29 is 9.47 Å². The molecule has 2 N–H and O–H groups in total. The highest BCUT2D eigenvalue weighted by molar-refractivity contribution is 7.80. The van der Waals surface area contributed by atoms with Crippen LogP contribution in [0, 0.1) is 0 Å². The summed E-state index contributed by atoms with van der Waals surface area (Å²) in [5.41, 5.74) is 7.74. The molecule has 0 amide bonds. The van der Waals surface area contributed by atoms with Gasteiger partial charge in [-0.1, -0.05) is 30.3 Å². The van der Waals surface area contributed by atoms with Crippen molar-refractivity contribution in [2.75, 3.05) is 6.79 Å². The number of hydrogen-bond donors (Lipinski definition) is 2. The van der Waals surface area contributed by atoms with Crippen molar-refractivity contribution in [3.8, 4) is 11.5 Å². The molecule has 0 unspecified atom stereocenters. The number of nitrogens with zero attached hydrogens (tertiary/aromatic N) is 1. The van der Waals surface area contributed by atoms with E-state index >= 15 is 0 Å². The summed E-state index contributed by atoms with van der Waals surface area (Å²) in [5.74, 6) is 1.56. The first-order valence-corrected chi connectivity index (χ1v) is 9.27. The Morgan fingerprint density at radius 3 is 2.85 bits per heavy atom. The number of ether oxygens (including phenoxy) is 2. The summed E-state index contributed by atoms with van der Waals surface area (Å²) in [7, 11) is 0. The van der Waals surface area contributed by atoms with Crippen LogP contribution in [0.5, 0.6) is 11.5 Å². The number of hydrogen-bond acceptors (Lipinski definition) is 4. The van der Waals surface area contributed by atoms with Gasteiger partial charge < -0.3 is 14.8 Å². The van der Waals surface area contributed by atoms with E-state index in [0.29, 0.717) is 11.7 Å². The second-order valence-electron chi connectivity index (χ2n) is 6.40. The molecule has 0 atom stereocenters. The number of fused-ring (bicyclic) bond motifs is 2. The summed E-state index contributed by atoms with van der Waals surface area (Å²) in [6.45, 7) is 0.884. The van der Waals surface area contributed by atoms with Gasteiger partial charge in [0, 0.05) is 12.1 Å². The van der Waals surface area contributed by atoms with Crippen molar-refractivity contribution in [2.45, 2.75) is 32.2 Å². The van der Waals surface area contributed by atoms with Crippen molar-refractivity contribution in [2.24, 2.45) is 5.10 Å². The average molecular weight is 367 g/mol. The largest absolute Gasteiger partial charge is 0.454 e. The maximum Gasteiger partial charge on any atom is 0.231 e. The molecule has 0 aromatic heterocycles. The average Bonchev–Trinajstić information content (AvgIpc) is 3.04. The van der Waals surface area contributed by atoms with Gasteiger partial charge in [-0.05, 0) is 61.2 Å². The lowest BCUT2D eigenvalue weighted by atomic mass is 10.0. The van der Waals surface area contributed by atoms with Gasteiger partial charge >= 0.3 is 0 Å². The van der Waals surface area contributed by atoms with E-state index in [2.05, 4.69) is 40.1 Å². The first kappa shape index (κ1) is 16.8. The van der Waals surface area contributed by atoms with Crippen molar-refractivity contribution in [1.82, 2.24) is 10.7 Å². The first-order valence-electron chi connectivity index (χ1n) is 8.87. The molecule has 1 aliphatic heterocycles. The minimum absolute atomic E-state index is 0.283. The molecule has 1 heterocycles. The second kappa shape index (κ2) is 7.74. The summed E-state index contributed by atoms with van der Waals surface area (Å²) in [6.07, 6.45) is 4.42. The van der Waals surface area contributed by atoms with Gasteiger partial charge in [0.2, 0.25) is 6.79 Å². The molecule has 26 heavy (non-hydrogen) atoms. The summed E-state index contributed by atoms with van der Waals surface area (Å²) < 4.78 is 10.7. The van der Waals surface area contributed by atoms with E-state index < -0.39 is 0 Å². The van der Waals surface area contributed by atoms with Crippen LogP contribution in [-0.2, 0) is 13.0 Å². The second-order valence-corrected chi connectivity index (χ2v) is 6.81. The standard InChI is InChI=1S/C20H21N3O2S/c26-20(21-12-14-9-10-18-19(11-14)25-13-24-18)23-22-17-8-4-2-6-15-5-1-3-7-16(15)17/h1,3,5,7,9-11H,2,4,6,8,12-13H2,(H2,21,23,26)/b22-17+. The van der Waals surface area contributed by atoms with E-state index in [-0.39, 0.29) is 6.79 Å². The van der Waals surface area contributed by atoms with Crippen LogP contribution in [0.1, 0.15) is 36.0 Å². The fourth-order valence-electron chi connectivity index (χ4n) is 3.27. The van der Waals surface area contributed by atoms with Crippen LogP contribution in [0.3, 0.4) is 0 Å². The van der Waals surface area contributed by atoms with Gasteiger partial charge in [-0.2, -0.15) is 5.10 Å². The Balaban J connectivity index is 1.37. The van der Waals surface area contributed by atoms with Crippen LogP contribution in [0.25, 0.3) is 0 Å². The lowest BCUT2D eigenvalue weighted by Gasteiger charge is -2.11. The summed E-state index contributed by atoms with van der Waals surface area (Å²) in [4.78, 5) is 0. The van der Waals surface area contributed by atoms with Gasteiger partial charge in [0.1, 0.15) is 0 Å². The highest BCUT2D eigenvalue weighted by Gasteiger charge is 2.14. The van der Waals surface area contributed by atoms with Gasteiger partial charge in [0.25, 0.3) is 0 Å². The van der Waals surface area contributed by atoms with Crippen molar-refractivity contribution in [1.29, 1.82) is 0 Å². The van der Waals surface area contributed by atoms with E-state index in [0.717, 1.165) is 42.0 Å². The quantitative estimate of drug-likeness (QED) is 0.494. The molecule has 0 fully saturated rings. The number of benzene rings is 2. The molecule has 0 saturated carbocycles. The number of hydrazone groups is 1. The molecule has 1 aliphatic carbocycles. The smallest absolute Gasteiger partial charge is 0.231 e. The number of aryl methyl sites for hydroxylation is 1. The van der Waals surface area contributed by atoms with Gasteiger partial charge in [0.05, 0.1) is 5.71 Å². The highest BCUT2D eigenvalue weighted by Crippen LogP contribution is 2.32. The predicted molar refractivity (Wildman–Crippen MR) is 106 cm³/mol. The monoisotopic (exact) mass is 367 g/mol. The van der Waals surface area contributed by atoms with Gasteiger partial charge in [-0.3, -0.25) is 5.43 Å². The topological polar surface area (TPSA) is 54.9 Å². The minimum Gasteiger partial charge on any atom is -0.454 e. The van der Waals surface area contributed by atoms with Crippen molar-refractivity contribution in [3.05, 3.63) is 59.2 Å². The Bertz CT molecular complexity index is 851. The number of thiocarbonyl (C=S) groups is 1. The Morgan fingerprint density at radius 1 is 1.04 bits per heavy atom. The molecule has 2 aliphatic rings. The molecule has 4 rings (SSSR count). The third kappa shape index (κ3) is 3.80. The van der Waals surface area contributed by atoms with Crippen LogP contribution >= 0.6 is 12.2 Å². The maximum atomic E-state index is 5.40. The molecule has 0 saturated heterocycles. The Labute approximate surface area is 158 Å². The van der Waals surface area contributed by atoms with Gasteiger partial charge in [0.15, 0.2) is 16.6 Å². The zero-order valence-corrected chi connectivity index (χ0v) is 15.3. The van der Waals surface area contributed by atoms with E-state index in [1.165, 1.54) is 17.5 Å². The fourth-order valence-corrected chi connectivity index (χ4v) is 3.39. The molecule has 6 heteroatoms. The zero-order valence-electron chi connectivity index (χ0n) is 14.5. The molecule has 134 valence electrons. The van der Waals surface area contributed by atoms with E-state index in [4.69, 9.17) is 21.7 Å².